The van der Waals surface area contributed by atoms with Crippen molar-refractivity contribution in [1.82, 2.24) is 0 Å². The Kier molecular flexibility index (Phi) is 4.62. The Morgan fingerprint density at radius 3 is 2.24 bits per heavy atom. The second kappa shape index (κ2) is 6.26. The summed E-state index contributed by atoms with van der Waals surface area (Å²) >= 11 is 3.29. The molecule has 2 aromatic rings. The van der Waals surface area contributed by atoms with Crippen LogP contribution in [-0.4, -0.2) is 6.36 Å². The smallest absolute Gasteiger partial charge is 0.489 e. The summed E-state index contributed by atoms with van der Waals surface area (Å²) < 4.78 is 46.2. The van der Waals surface area contributed by atoms with Gasteiger partial charge in [0.25, 0.3) is 0 Å². The SMILES string of the molecule is Nc1cc(Br)cc(OCc2ccc(OC(F)(F)F)cc2)c1. The lowest BCUT2D eigenvalue weighted by atomic mass is 10.2. The molecule has 2 rings (SSSR count). The summed E-state index contributed by atoms with van der Waals surface area (Å²) in [6.07, 6.45) is -4.69. The molecule has 0 aliphatic carbocycles. The normalized spacial score (nSPS) is 11.2. The van der Waals surface area contributed by atoms with E-state index < -0.39 is 6.36 Å². The minimum Gasteiger partial charge on any atom is -0.489 e. The maximum absolute atomic E-state index is 12.0. The quantitative estimate of drug-likeness (QED) is 0.814. The largest absolute Gasteiger partial charge is 0.573 e. The molecule has 112 valence electrons. The predicted molar refractivity (Wildman–Crippen MR) is 76.0 cm³/mol. The standard InChI is InChI=1S/C14H11BrF3NO2/c15-10-5-11(19)7-13(6-10)20-8-9-1-3-12(4-2-9)21-14(16,17)18/h1-7H,8,19H2. The summed E-state index contributed by atoms with van der Waals surface area (Å²) in [4.78, 5) is 0. The molecule has 0 unspecified atom stereocenters. The summed E-state index contributed by atoms with van der Waals surface area (Å²) in [6.45, 7) is 0.211. The van der Waals surface area contributed by atoms with Crippen molar-refractivity contribution in [3.63, 3.8) is 0 Å². The lowest BCUT2D eigenvalue weighted by molar-refractivity contribution is -0.274. The lowest BCUT2D eigenvalue weighted by Crippen LogP contribution is -2.17. The molecule has 3 nitrogen and oxygen atoms in total. The number of hydrogen-bond acceptors (Lipinski definition) is 3. The molecule has 0 aromatic heterocycles. The summed E-state index contributed by atoms with van der Waals surface area (Å²) in [7, 11) is 0. The van der Waals surface area contributed by atoms with Crippen molar-refractivity contribution in [2.75, 3.05) is 5.73 Å². The molecule has 0 spiro atoms. The molecule has 0 bridgehead atoms. The van der Waals surface area contributed by atoms with Crippen LogP contribution in [0.5, 0.6) is 11.5 Å². The van der Waals surface area contributed by atoms with Gasteiger partial charge in [0.15, 0.2) is 0 Å². The van der Waals surface area contributed by atoms with E-state index in [1.807, 2.05) is 0 Å². The number of alkyl halides is 3. The maximum Gasteiger partial charge on any atom is 0.573 e. The number of anilines is 1. The molecule has 0 heterocycles. The minimum absolute atomic E-state index is 0.211. The third-order valence-electron chi connectivity index (χ3n) is 2.46. The zero-order chi connectivity index (χ0) is 15.5. The van der Waals surface area contributed by atoms with E-state index in [1.54, 1.807) is 18.2 Å². The first kappa shape index (κ1) is 15.5. The highest BCUT2D eigenvalue weighted by molar-refractivity contribution is 9.10. The summed E-state index contributed by atoms with van der Waals surface area (Å²) in [5.41, 5.74) is 6.93. The fourth-order valence-electron chi connectivity index (χ4n) is 1.62. The highest BCUT2D eigenvalue weighted by atomic mass is 79.9. The van der Waals surface area contributed by atoms with E-state index in [9.17, 15) is 13.2 Å². The van der Waals surface area contributed by atoms with Crippen LogP contribution in [0, 0.1) is 0 Å². The Balaban J connectivity index is 1.97. The van der Waals surface area contributed by atoms with Gasteiger partial charge in [0, 0.05) is 16.2 Å². The lowest BCUT2D eigenvalue weighted by Gasteiger charge is -2.10. The molecular formula is C14H11BrF3NO2. The highest BCUT2D eigenvalue weighted by Gasteiger charge is 2.30. The van der Waals surface area contributed by atoms with Gasteiger partial charge in [0.05, 0.1) is 0 Å². The van der Waals surface area contributed by atoms with Gasteiger partial charge in [-0.3, -0.25) is 0 Å². The molecule has 21 heavy (non-hydrogen) atoms. The van der Waals surface area contributed by atoms with Crippen molar-refractivity contribution in [2.24, 2.45) is 0 Å². The van der Waals surface area contributed by atoms with Gasteiger partial charge in [-0.05, 0) is 29.8 Å². The van der Waals surface area contributed by atoms with Crippen molar-refractivity contribution in [1.29, 1.82) is 0 Å². The molecule has 0 aliphatic rings. The number of halogens is 4. The van der Waals surface area contributed by atoms with Gasteiger partial charge >= 0.3 is 6.36 Å². The molecule has 0 fully saturated rings. The van der Waals surface area contributed by atoms with Crippen molar-refractivity contribution in [3.05, 3.63) is 52.5 Å². The number of nitrogens with two attached hydrogens (primary N) is 1. The van der Waals surface area contributed by atoms with E-state index >= 15 is 0 Å². The van der Waals surface area contributed by atoms with Crippen LogP contribution < -0.4 is 15.2 Å². The highest BCUT2D eigenvalue weighted by Crippen LogP contribution is 2.25. The van der Waals surface area contributed by atoms with E-state index in [4.69, 9.17) is 10.5 Å². The molecule has 2 aromatic carbocycles. The molecule has 0 amide bonds. The first-order valence-electron chi connectivity index (χ1n) is 5.85. The van der Waals surface area contributed by atoms with Crippen LogP contribution in [0.15, 0.2) is 46.9 Å². The van der Waals surface area contributed by atoms with Gasteiger partial charge in [0.2, 0.25) is 0 Å². The fourth-order valence-corrected chi connectivity index (χ4v) is 2.11. The predicted octanol–water partition coefficient (Wildman–Crippen LogP) is 4.51. The van der Waals surface area contributed by atoms with Crippen LogP contribution in [0.4, 0.5) is 18.9 Å². The monoisotopic (exact) mass is 361 g/mol. The van der Waals surface area contributed by atoms with Crippen molar-refractivity contribution < 1.29 is 22.6 Å². The Morgan fingerprint density at radius 2 is 1.67 bits per heavy atom. The summed E-state index contributed by atoms with van der Waals surface area (Å²) in [6, 6.07) is 10.6. The van der Waals surface area contributed by atoms with Crippen molar-refractivity contribution in [3.8, 4) is 11.5 Å². The fraction of sp³-hybridized carbons (Fsp3) is 0.143. The van der Waals surface area contributed by atoms with E-state index in [0.29, 0.717) is 17.0 Å². The number of benzene rings is 2. The van der Waals surface area contributed by atoms with E-state index in [0.717, 1.165) is 4.47 Å². The molecule has 0 radical (unpaired) electrons. The average molecular weight is 362 g/mol. The van der Waals surface area contributed by atoms with Gasteiger partial charge < -0.3 is 15.2 Å². The first-order valence-corrected chi connectivity index (χ1v) is 6.65. The zero-order valence-electron chi connectivity index (χ0n) is 10.7. The molecule has 0 saturated carbocycles. The second-order valence-electron chi connectivity index (χ2n) is 4.20. The molecule has 0 atom stereocenters. The van der Waals surface area contributed by atoms with E-state index in [1.165, 1.54) is 24.3 Å². The molecule has 7 heteroatoms. The van der Waals surface area contributed by atoms with Gasteiger partial charge in [-0.15, -0.1) is 13.2 Å². The zero-order valence-corrected chi connectivity index (χ0v) is 12.2. The van der Waals surface area contributed by atoms with Crippen LogP contribution in [0.3, 0.4) is 0 Å². The summed E-state index contributed by atoms with van der Waals surface area (Å²) in [5.74, 6) is 0.301. The van der Waals surface area contributed by atoms with Crippen molar-refractivity contribution in [2.45, 2.75) is 13.0 Å². The number of rotatable bonds is 4. The first-order chi connectivity index (χ1) is 9.82. The molecule has 0 saturated heterocycles. The average Bonchev–Trinajstić information content (AvgIpc) is 2.35. The van der Waals surface area contributed by atoms with E-state index in [-0.39, 0.29) is 12.4 Å². The Bertz CT molecular complexity index is 594. The summed E-state index contributed by atoms with van der Waals surface area (Å²) in [5, 5.41) is 0. The molecule has 0 aliphatic heterocycles. The van der Waals surface area contributed by atoms with Crippen LogP contribution in [-0.2, 0) is 6.61 Å². The van der Waals surface area contributed by atoms with Gasteiger partial charge in [-0.2, -0.15) is 0 Å². The molecule has 2 N–H and O–H groups in total. The maximum atomic E-state index is 12.0. The van der Waals surface area contributed by atoms with Gasteiger partial charge in [0.1, 0.15) is 18.1 Å². The Morgan fingerprint density at radius 1 is 1.00 bits per heavy atom. The minimum atomic E-state index is -4.69. The van der Waals surface area contributed by atoms with Crippen LogP contribution in [0.25, 0.3) is 0 Å². The Labute approximate surface area is 127 Å². The van der Waals surface area contributed by atoms with Crippen LogP contribution in [0.1, 0.15) is 5.56 Å². The van der Waals surface area contributed by atoms with Crippen molar-refractivity contribution >= 4 is 21.6 Å². The van der Waals surface area contributed by atoms with Crippen LogP contribution >= 0.6 is 15.9 Å². The van der Waals surface area contributed by atoms with Gasteiger partial charge in [-0.1, -0.05) is 28.1 Å². The van der Waals surface area contributed by atoms with Crippen LogP contribution in [0.2, 0.25) is 0 Å². The number of ether oxygens (including phenoxy) is 2. The second-order valence-corrected chi connectivity index (χ2v) is 5.12. The number of nitrogen functional groups attached to an aromatic ring is 1. The third kappa shape index (κ3) is 5.18. The number of hydrogen-bond donors (Lipinski definition) is 1. The van der Waals surface area contributed by atoms with Gasteiger partial charge in [-0.25, -0.2) is 0 Å². The topological polar surface area (TPSA) is 44.5 Å². The van der Waals surface area contributed by atoms with E-state index in [2.05, 4.69) is 20.7 Å². The Hall–Kier alpha value is -1.89. The molecular weight excluding hydrogens is 351 g/mol. The third-order valence-corrected chi connectivity index (χ3v) is 2.91.